The van der Waals surface area contributed by atoms with Crippen LogP contribution in [0.1, 0.15) is 12.8 Å². The van der Waals surface area contributed by atoms with E-state index in [1.807, 2.05) is 11.8 Å². The lowest BCUT2D eigenvalue weighted by Crippen LogP contribution is -2.25. The predicted molar refractivity (Wildman–Crippen MR) is 73.6 cm³/mol. The van der Waals surface area contributed by atoms with Gasteiger partial charge in [0, 0.05) is 17.5 Å². The molecule has 7 heteroatoms. The summed E-state index contributed by atoms with van der Waals surface area (Å²) in [6.07, 6.45) is 2.23. The van der Waals surface area contributed by atoms with Crippen molar-refractivity contribution in [1.82, 2.24) is 0 Å². The minimum atomic E-state index is -4.49. The van der Waals surface area contributed by atoms with Gasteiger partial charge < -0.3 is 5.32 Å². The van der Waals surface area contributed by atoms with Gasteiger partial charge in [-0.15, -0.1) is 0 Å². The summed E-state index contributed by atoms with van der Waals surface area (Å²) >= 11 is 1.88. The second kappa shape index (κ2) is 6.09. The van der Waals surface area contributed by atoms with Crippen molar-refractivity contribution >= 4 is 27.3 Å². The van der Waals surface area contributed by atoms with E-state index in [1.54, 1.807) is 0 Å². The highest BCUT2D eigenvalue weighted by atomic mass is 32.2. The second-order valence-corrected chi connectivity index (χ2v) is 7.46. The van der Waals surface area contributed by atoms with Gasteiger partial charge in [0.25, 0.3) is 0 Å². The van der Waals surface area contributed by atoms with Crippen LogP contribution >= 0.6 is 11.8 Å². The van der Waals surface area contributed by atoms with Crippen LogP contribution in [0, 0.1) is 0 Å². The van der Waals surface area contributed by atoms with Gasteiger partial charge in [0.05, 0.1) is 4.90 Å². The normalized spacial score (nSPS) is 20.5. The highest BCUT2D eigenvalue weighted by molar-refractivity contribution is 7.99. The van der Waals surface area contributed by atoms with E-state index in [0.717, 1.165) is 24.3 Å². The largest absolute Gasteiger partial charge is 0.381 e. The molecule has 3 nitrogen and oxygen atoms in total. The van der Waals surface area contributed by atoms with Gasteiger partial charge in [-0.2, -0.15) is 20.5 Å². The Bertz CT molecular complexity index is 511. The molecule has 1 heterocycles. The number of alkyl halides is 2. The molecule has 19 heavy (non-hydrogen) atoms. The quantitative estimate of drug-likeness (QED) is 0.929. The summed E-state index contributed by atoms with van der Waals surface area (Å²) in [5.74, 6) is -1.19. The molecule has 1 aromatic rings. The average Bonchev–Trinajstić information content (AvgIpc) is 2.40. The van der Waals surface area contributed by atoms with E-state index in [2.05, 4.69) is 5.32 Å². The summed E-state index contributed by atoms with van der Waals surface area (Å²) in [5, 5.41) is 3.29. The van der Waals surface area contributed by atoms with Gasteiger partial charge in [-0.3, -0.25) is 0 Å². The Labute approximate surface area is 115 Å². The molecule has 1 unspecified atom stereocenters. The lowest BCUT2D eigenvalue weighted by molar-refractivity contribution is 0.234. The van der Waals surface area contributed by atoms with Crippen LogP contribution < -0.4 is 5.32 Å². The maximum atomic E-state index is 12.4. The van der Waals surface area contributed by atoms with Crippen LogP contribution in [-0.4, -0.2) is 31.7 Å². The molecule has 1 fully saturated rings. The molecule has 0 amide bonds. The number of hydrogen-bond donors (Lipinski definition) is 1. The van der Waals surface area contributed by atoms with Gasteiger partial charge in [-0.1, -0.05) is 0 Å². The molecule has 0 bridgehead atoms. The highest BCUT2D eigenvalue weighted by Gasteiger charge is 2.26. The fourth-order valence-electron chi connectivity index (χ4n) is 1.93. The number of hydrogen-bond acceptors (Lipinski definition) is 4. The molecular formula is C12H15F2NO2S2. The molecule has 0 aliphatic carbocycles. The molecule has 0 spiro atoms. The number of halogens is 2. The second-order valence-electron chi connectivity index (χ2n) is 4.39. The van der Waals surface area contributed by atoms with E-state index in [-0.39, 0.29) is 4.90 Å². The number of thioether (sulfide) groups is 1. The Kier molecular flexibility index (Phi) is 4.67. The predicted octanol–water partition coefficient (Wildman–Crippen LogP) is 2.99. The third-order valence-electron chi connectivity index (χ3n) is 2.95. The van der Waals surface area contributed by atoms with Crippen molar-refractivity contribution in [2.24, 2.45) is 0 Å². The van der Waals surface area contributed by atoms with Crippen molar-refractivity contribution in [2.45, 2.75) is 29.5 Å². The minimum Gasteiger partial charge on any atom is -0.381 e. The zero-order chi connectivity index (χ0) is 13.9. The van der Waals surface area contributed by atoms with E-state index < -0.39 is 15.6 Å². The fraction of sp³-hybridized carbons (Fsp3) is 0.500. The molecule has 106 valence electrons. The Balaban J connectivity index is 2.06. The Morgan fingerprint density at radius 3 is 2.47 bits per heavy atom. The van der Waals surface area contributed by atoms with E-state index in [9.17, 15) is 17.2 Å². The summed E-state index contributed by atoms with van der Waals surface area (Å²) in [4.78, 5) is -0.342. The standard InChI is InChI=1S/C12H15F2NO2S2/c13-12(14)19(16,17)11-5-3-9(4-6-11)15-10-2-1-7-18-8-10/h3-6,10,12,15H,1-2,7-8H2. The first-order chi connectivity index (χ1) is 9.00. The summed E-state index contributed by atoms with van der Waals surface area (Å²) in [5.41, 5.74) is 0.765. The minimum absolute atomic E-state index is 0.342. The topological polar surface area (TPSA) is 46.2 Å². The zero-order valence-electron chi connectivity index (χ0n) is 10.2. The van der Waals surface area contributed by atoms with Crippen LogP contribution in [0.25, 0.3) is 0 Å². The van der Waals surface area contributed by atoms with Crippen LogP contribution in [0.5, 0.6) is 0 Å². The molecule has 0 radical (unpaired) electrons. The summed E-state index contributed by atoms with van der Waals surface area (Å²) < 4.78 is 47.2. The first-order valence-corrected chi connectivity index (χ1v) is 8.66. The van der Waals surface area contributed by atoms with Crippen LogP contribution in [0.4, 0.5) is 14.5 Å². The van der Waals surface area contributed by atoms with Gasteiger partial charge in [-0.05, 0) is 42.9 Å². The van der Waals surface area contributed by atoms with Crippen molar-refractivity contribution in [3.63, 3.8) is 0 Å². The van der Waals surface area contributed by atoms with Crippen LogP contribution in [-0.2, 0) is 9.84 Å². The fourth-order valence-corrected chi connectivity index (χ4v) is 3.73. The Morgan fingerprint density at radius 2 is 1.95 bits per heavy atom. The molecule has 1 aliphatic heterocycles. The third kappa shape index (κ3) is 3.60. The maximum Gasteiger partial charge on any atom is 0.341 e. The number of rotatable bonds is 4. The smallest absolute Gasteiger partial charge is 0.341 e. The van der Waals surface area contributed by atoms with E-state index in [4.69, 9.17) is 0 Å². The van der Waals surface area contributed by atoms with E-state index in [1.165, 1.54) is 30.0 Å². The van der Waals surface area contributed by atoms with Crippen molar-refractivity contribution in [3.05, 3.63) is 24.3 Å². The molecule has 1 saturated heterocycles. The lowest BCUT2D eigenvalue weighted by Gasteiger charge is -2.23. The van der Waals surface area contributed by atoms with Gasteiger partial charge >= 0.3 is 5.76 Å². The van der Waals surface area contributed by atoms with Crippen molar-refractivity contribution in [3.8, 4) is 0 Å². The van der Waals surface area contributed by atoms with Crippen molar-refractivity contribution in [2.75, 3.05) is 16.8 Å². The number of anilines is 1. The molecule has 0 aromatic heterocycles. The van der Waals surface area contributed by atoms with Gasteiger partial charge in [0.15, 0.2) is 0 Å². The Morgan fingerprint density at radius 1 is 1.26 bits per heavy atom. The molecule has 1 aromatic carbocycles. The molecule has 1 N–H and O–H groups in total. The van der Waals surface area contributed by atoms with Crippen LogP contribution in [0.2, 0.25) is 0 Å². The van der Waals surface area contributed by atoms with E-state index in [0.29, 0.717) is 6.04 Å². The average molecular weight is 307 g/mol. The molecular weight excluding hydrogens is 292 g/mol. The monoisotopic (exact) mass is 307 g/mol. The first-order valence-electron chi connectivity index (χ1n) is 5.96. The number of sulfone groups is 1. The van der Waals surface area contributed by atoms with Crippen molar-refractivity contribution in [1.29, 1.82) is 0 Å². The molecule has 1 aliphatic rings. The zero-order valence-corrected chi connectivity index (χ0v) is 11.8. The summed E-state index contributed by atoms with van der Waals surface area (Å²) in [7, 11) is -4.49. The molecule has 0 saturated carbocycles. The molecule has 1 atom stereocenters. The van der Waals surface area contributed by atoms with Gasteiger partial charge in [0.1, 0.15) is 0 Å². The Hall–Kier alpha value is -0.820. The van der Waals surface area contributed by atoms with E-state index >= 15 is 0 Å². The lowest BCUT2D eigenvalue weighted by atomic mass is 10.2. The maximum absolute atomic E-state index is 12.4. The summed E-state index contributed by atoms with van der Waals surface area (Å²) in [6, 6.07) is 5.87. The SMILES string of the molecule is O=S(=O)(c1ccc(NC2CCCSC2)cc1)C(F)F. The highest BCUT2D eigenvalue weighted by Crippen LogP contribution is 2.23. The summed E-state index contributed by atoms with van der Waals surface area (Å²) in [6.45, 7) is 0. The first kappa shape index (κ1) is 14.6. The van der Waals surface area contributed by atoms with Gasteiger partial charge in [0.2, 0.25) is 9.84 Å². The van der Waals surface area contributed by atoms with Crippen molar-refractivity contribution < 1.29 is 17.2 Å². The number of benzene rings is 1. The van der Waals surface area contributed by atoms with Crippen LogP contribution in [0.15, 0.2) is 29.2 Å². The van der Waals surface area contributed by atoms with Crippen LogP contribution in [0.3, 0.4) is 0 Å². The third-order valence-corrected chi connectivity index (χ3v) is 5.56. The number of nitrogens with one attached hydrogen (secondary N) is 1. The van der Waals surface area contributed by atoms with Gasteiger partial charge in [-0.25, -0.2) is 8.42 Å². The molecule has 2 rings (SSSR count).